The molecule has 0 aliphatic heterocycles. The van der Waals surface area contributed by atoms with E-state index in [0.29, 0.717) is 11.6 Å². The second-order valence-corrected chi connectivity index (χ2v) is 3.36. The lowest BCUT2D eigenvalue weighted by Gasteiger charge is -2.03. The molecule has 0 saturated carbocycles. The van der Waals surface area contributed by atoms with Crippen molar-refractivity contribution in [2.45, 2.75) is 20.3 Å². The first kappa shape index (κ1) is 8.91. The first-order chi connectivity index (χ1) is 5.72. The van der Waals surface area contributed by atoms with Gasteiger partial charge in [-0.25, -0.2) is 0 Å². The molecule has 0 aliphatic rings. The van der Waals surface area contributed by atoms with Crippen LogP contribution in [0.3, 0.4) is 0 Å². The molecule has 1 rings (SSSR count). The van der Waals surface area contributed by atoms with E-state index in [1.807, 2.05) is 12.1 Å². The van der Waals surface area contributed by atoms with E-state index >= 15 is 0 Å². The average molecular weight is 163 g/mol. The summed E-state index contributed by atoms with van der Waals surface area (Å²) in [5.74, 6) is 0.653. The smallest absolute Gasteiger partial charge is 0.108 e. The Labute approximate surface area is 72.6 Å². The SMILES string of the molecule is CC(C)Cc1ccc(N=O)cc1. The molecule has 0 saturated heterocycles. The van der Waals surface area contributed by atoms with Gasteiger partial charge >= 0.3 is 0 Å². The van der Waals surface area contributed by atoms with E-state index in [2.05, 4.69) is 19.0 Å². The Morgan fingerprint density at radius 2 is 1.83 bits per heavy atom. The highest BCUT2D eigenvalue weighted by Gasteiger charge is 1.97. The fraction of sp³-hybridized carbons (Fsp3) is 0.400. The van der Waals surface area contributed by atoms with Gasteiger partial charge in [-0.15, -0.1) is 4.91 Å². The third-order valence-electron chi connectivity index (χ3n) is 1.69. The van der Waals surface area contributed by atoms with Crippen molar-refractivity contribution < 1.29 is 0 Å². The summed E-state index contributed by atoms with van der Waals surface area (Å²) in [5.41, 5.74) is 1.76. The van der Waals surface area contributed by atoms with Crippen molar-refractivity contribution >= 4 is 5.69 Å². The van der Waals surface area contributed by atoms with Crippen molar-refractivity contribution in [2.75, 3.05) is 0 Å². The highest BCUT2D eigenvalue weighted by Crippen LogP contribution is 2.14. The third kappa shape index (κ3) is 2.46. The monoisotopic (exact) mass is 163 g/mol. The number of benzene rings is 1. The van der Waals surface area contributed by atoms with Gasteiger partial charge in [0.1, 0.15) is 5.69 Å². The lowest BCUT2D eigenvalue weighted by molar-refractivity contribution is 0.647. The van der Waals surface area contributed by atoms with Gasteiger partial charge in [-0.1, -0.05) is 26.0 Å². The molecule has 0 atom stereocenters. The van der Waals surface area contributed by atoms with Crippen LogP contribution in [0.1, 0.15) is 19.4 Å². The van der Waals surface area contributed by atoms with Gasteiger partial charge in [0.2, 0.25) is 0 Å². The molecule has 0 heterocycles. The zero-order chi connectivity index (χ0) is 8.97. The predicted molar refractivity (Wildman–Crippen MR) is 50.4 cm³/mol. The zero-order valence-corrected chi connectivity index (χ0v) is 7.45. The molecule has 0 amide bonds. The van der Waals surface area contributed by atoms with Crippen molar-refractivity contribution in [3.8, 4) is 0 Å². The van der Waals surface area contributed by atoms with Crippen molar-refractivity contribution in [1.82, 2.24) is 0 Å². The van der Waals surface area contributed by atoms with Gasteiger partial charge in [-0.05, 0) is 35.2 Å². The van der Waals surface area contributed by atoms with Crippen molar-refractivity contribution in [3.05, 3.63) is 34.7 Å². The first-order valence-corrected chi connectivity index (χ1v) is 4.14. The first-order valence-electron chi connectivity index (χ1n) is 4.14. The highest BCUT2D eigenvalue weighted by molar-refractivity contribution is 5.38. The van der Waals surface area contributed by atoms with E-state index in [-0.39, 0.29) is 0 Å². The van der Waals surface area contributed by atoms with Gasteiger partial charge in [-0.3, -0.25) is 0 Å². The van der Waals surface area contributed by atoms with Gasteiger partial charge in [0.15, 0.2) is 0 Å². The number of rotatable bonds is 3. The van der Waals surface area contributed by atoms with Gasteiger partial charge < -0.3 is 0 Å². The number of hydrogen-bond donors (Lipinski definition) is 0. The molecule has 0 unspecified atom stereocenters. The standard InChI is InChI=1S/C10H13NO/c1-8(2)7-9-3-5-10(11-12)6-4-9/h3-6,8H,7H2,1-2H3. The minimum Gasteiger partial charge on any atom is -0.145 e. The molecule has 64 valence electrons. The Kier molecular flexibility index (Phi) is 2.97. The lowest BCUT2D eigenvalue weighted by Crippen LogP contribution is -1.92. The van der Waals surface area contributed by atoms with Crippen LogP contribution in [0, 0.1) is 10.8 Å². The van der Waals surface area contributed by atoms with E-state index in [1.165, 1.54) is 5.56 Å². The zero-order valence-electron chi connectivity index (χ0n) is 7.45. The molecule has 0 spiro atoms. The molecule has 0 N–H and O–H groups in total. The fourth-order valence-electron chi connectivity index (χ4n) is 1.16. The second-order valence-electron chi connectivity index (χ2n) is 3.36. The number of nitrogens with zero attached hydrogens (tertiary/aromatic N) is 1. The molecular weight excluding hydrogens is 150 g/mol. The minimum atomic E-state index is 0.502. The van der Waals surface area contributed by atoms with E-state index in [9.17, 15) is 4.91 Å². The Morgan fingerprint density at radius 1 is 1.25 bits per heavy atom. The molecule has 0 aliphatic carbocycles. The molecule has 2 heteroatoms. The van der Waals surface area contributed by atoms with Crippen molar-refractivity contribution in [1.29, 1.82) is 0 Å². The average Bonchev–Trinajstić information content (AvgIpc) is 2.05. The Balaban J connectivity index is 2.71. The summed E-state index contributed by atoms with van der Waals surface area (Å²) < 4.78 is 0. The molecule has 0 radical (unpaired) electrons. The normalized spacial score (nSPS) is 10.2. The number of nitroso groups, excluding NO2 is 1. The van der Waals surface area contributed by atoms with Crippen LogP contribution in [0.15, 0.2) is 29.4 Å². The maximum atomic E-state index is 10.1. The van der Waals surface area contributed by atoms with E-state index < -0.39 is 0 Å². The van der Waals surface area contributed by atoms with Crippen LogP contribution in [-0.2, 0) is 6.42 Å². The summed E-state index contributed by atoms with van der Waals surface area (Å²) in [6.07, 6.45) is 1.05. The largest absolute Gasteiger partial charge is 0.145 e. The Morgan fingerprint density at radius 3 is 2.25 bits per heavy atom. The quantitative estimate of drug-likeness (QED) is 0.629. The van der Waals surface area contributed by atoms with Crippen LogP contribution in [0.25, 0.3) is 0 Å². The summed E-state index contributed by atoms with van der Waals surface area (Å²) in [6.45, 7) is 4.35. The Hall–Kier alpha value is -1.18. The maximum Gasteiger partial charge on any atom is 0.108 e. The second kappa shape index (κ2) is 4.00. The molecule has 2 nitrogen and oxygen atoms in total. The molecule has 0 fully saturated rings. The molecular formula is C10H13NO. The van der Waals surface area contributed by atoms with E-state index in [4.69, 9.17) is 0 Å². The summed E-state index contributed by atoms with van der Waals surface area (Å²) in [5, 5.41) is 2.84. The van der Waals surface area contributed by atoms with Crippen LogP contribution in [0.4, 0.5) is 5.69 Å². The van der Waals surface area contributed by atoms with Crippen LogP contribution < -0.4 is 0 Å². The van der Waals surface area contributed by atoms with Gasteiger partial charge in [-0.2, -0.15) is 0 Å². The van der Waals surface area contributed by atoms with Gasteiger partial charge in [0.25, 0.3) is 0 Å². The van der Waals surface area contributed by atoms with Crippen LogP contribution in [-0.4, -0.2) is 0 Å². The minimum absolute atomic E-state index is 0.502. The summed E-state index contributed by atoms with van der Waals surface area (Å²) >= 11 is 0. The summed E-state index contributed by atoms with van der Waals surface area (Å²) in [4.78, 5) is 10.1. The predicted octanol–water partition coefficient (Wildman–Crippen LogP) is 3.28. The van der Waals surface area contributed by atoms with Crippen molar-refractivity contribution in [3.63, 3.8) is 0 Å². The highest BCUT2D eigenvalue weighted by atomic mass is 16.3. The van der Waals surface area contributed by atoms with E-state index in [0.717, 1.165) is 6.42 Å². The Bertz CT molecular complexity index is 251. The van der Waals surface area contributed by atoms with Gasteiger partial charge in [0.05, 0.1) is 0 Å². The lowest BCUT2D eigenvalue weighted by atomic mass is 10.0. The van der Waals surface area contributed by atoms with E-state index in [1.54, 1.807) is 12.1 Å². The number of hydrogen-bond acceptors (Lipinski definition) is 2. The summed E-state index contributed by atoms with van der Waals surface area (Å²) in [7, 11) is 0. The van der Waals surface area contributed by atoms with Crippen molar-refractivity contribution in [2.24, 2.45) is 11.1 Å². The third-order valence-corrected chi connectivity index (χ3v) is 1.69. The molecule has 1 aromatic rings. The topological polar surface area (TPSA) is 29.4 Å². The van der Waals surface area contributed by atoms with Crippen LogP contribution in [0.5, 0.6) is 0 Å². The molecule has 0 aromatic heterocycles. The fourth-order valence-corrected chi connectivity index (χ4v) is 1.16. The van der Waals surface area contributed by atoms with Crippen LogP contribution >= 0.6 is 0 Å². The molecule has 1 aromatic carbocycles. The van der Waals surface area contributed by atoms with Crippen LogP contribution in [0.2, 0.25) is 0 Å². The molecule has 12 heavy (non-hydrogen) atoms. The van der Waals surface area contributed by atoms with Gasteiger partial charge in [0, 0.05) is 0 Å². The molecule has 0 bridgehead atoms. The summed E-state index contributed by atoms with van der Waals surface area (Å²) in [6, 6.07) is 7.42. The maximum absolute atomic E-state index is 10.1.